The fourth-order valence-corrected chi connectivity index (χ4v) is 1.68. The quantitative estimate of drug-likeness (QED) is 0.570. The van der Waals surface area contributed by atoms with Crippen molar-refractivity contribution in [2.45, 2.75) is 32.0 Å². The van der Waals surface area contributed by atoms with Gasteiger partial charge in [0.1, 0.15) is 6.10 Å². The van der Waals surface area contributed by atoms with Crippen LogP contribution in [0, 0.1) is 0 Å². The van der Waals surface area contributed by atoms with E-state index in [-0.39, 0.29) is 13.1 Å². The molecule has 0 fully saturated rings. The van der Waals surface area contributed by atoms with Crippen LogP contribution < -0.4 is 11.1 Å². The molecule has 0 spiro atoms. The standard InChI is InChI=1S/C14H22N2O3/c1-9(2)10-3-5-11(6-4-10)12(17)7-16-8-13(18)14(15)19/h3-6,9,12-13,16-18H,7-8H2,1-2H3,(H2,15,19). The minimum absolute atomic E-state index is 0.0382. The summed E-state index contributed by atoms with van der Waals surface area (Å²) in [6, 6.07) is 7.74. The van der Waals surface area contributed by atoms with Gasteiger partial charge in [-0.25, -0.2) is 0 Å². The summed E-state index contributed by atoms with van der Waals surface area (Å²) in [5.41, 5.74) is 6.93. The van der Waals surface area contributed by atoms with E-state index in [4.69, 9.17) is 5.73 Å². The second-order valence-corrected chi connectivity index (χ2v) is 4.91. The molecule has 0 bridgehead atoms. The molecule has 0 heterocycles. The molecule has 0 aliphatic heterocycles. The molecule has 0 aliphatic carbocycles. The highest BCUT2D eigenvalue weighted by molar-refractivity contribution is 5.78. The Hall–Kier alpha value is -1.43. The minimum atomic E-state index is -1.23. The van der Waals surface area contributed by atoms with Crippen LogP contribution >= 0.6 is 0 Å². The fourth-order valence-electron chi connectivity index (χ4n) is 1.68. The summed E-state index contributed by atoms with van der Waals surface area (Å²) in [6.45, 7) is 4.51. The van der Waals surface area contributed by atoms with Crippen molar-refractivity contribution in [1.82, 2.24) is 5.32 Å². The van der Waals surface area contributed by atoms with Gasteiger partial charge in [0.05, 0.1) is 6.10 Å². The first-order valence-electron chi connectivity index (χ1n) is 6.37. The summed E-state index contributed by atoms with van der Waals surface area (Å²) in [6.07, 6.45) is -1.91. The first-order valence-corrected chi connectivity index (χ1v) is 6.37. The number of nitrogens with two attached hydrogens (primary N) is 1. The number of benzene rings is 1. The molecule has 1 aromatic rings. The zero-order valence-corrected chi connectivity index (χ0v) is 11.3. The van der Waals surface area contributed by atoms with Crippen molar-refractivity contribution in [3.8, 4) is 0 Å². The molecular weight excluding hydrogens is 244 g/mol. The summed E-state index contributed by atoms with van der Waals surface area (Å²) in [4.78, 5) is 10.6. The molecule has 1 rings (SSSR count). The average molecular weight is 266 g/mol. The van der Waals surface area contributed by atoms with Gasteiger partial charge in [0.25, 0.3) is 0 Å². The van der Waals surface area contributed by atoms with Crippen LogP contribution in [0.1, 0.15) is 37.0 Å². The van der Waals surface area contributed by atoms with Crippen LogP contribution in [0.15, 0.2) is 24.3 Å². The van der Waals surface area contributed by atoms with Gasteiger partial charge in [-0.3, -0.25) is 4.79 Å². The Morgan fingerprint density at radius 1 is 1.16 bits per heavy atom. The van der Waals surface area contributed by atoms with Crippen molar-refractivity contribution in [1.29, 1.82) is 0 Å². The van der Waals surface area contributed by atoms with Crippen LogP contribution in [0.25, 0.3) is 0 Å². The van der Waals surface area contributed by atoms with E-state index in [2.05, 4.69) is 19.2 Å². The molecule has 5 nitrogen and oxygen atoms in total. The highest BCUT2D eigenvalue weighted by Gasteiger charge is 2.12. The molecule has 5 N–H and O–H groups in total. The normalized spacial score (nSPS) is 14.4. The van der Waals surface area contributed by atoms with Crippen LogP contribution in [0.2, 0.25) is 0 Å². The van der Waals surface area contributed by atoms with Crippen molar-refractivity contribution in [3.05, 3.63) is 35.4 Å². The Labute approximate surface area is 113 Å². The van der Waals surface area contributed by atoms with E-state index in [0.29, 0.717) is 5.92 Å². The smallest absolute Gasteiger partial charge is 0.247 e. The molecule has 5 heteroatoms. The number of nitrogens with one attached hydrogen (secondary N) is 1. The van der Waals surface area contributed by atoms with Crippen LogP contribution in [0.5, 0.6) is 0 Å². The van der Waals surface area contributed by atoms with Gasteiger partial charge in [0.2, 0.25) is 5.91 Å². The summed E-state index contributed by atoms with van der Waals surface area (Å²) in [7, 11) is 0. The topological polar surface area (TPSA) is 95.6 Å². The predicted molar refractivity (Wildman–Crippen MR) is 73.6 cm³/mol. The molecule has 2 unspecified atom stereocenters. The van der Waals surface area contributed by atoms with Crippen LogP contribution in [-0.4, -0.2) is 35.3 Å². The van der Waals surface area contributed by atoms with Crippen molar-refractivity contribution in [2.75, 3.05) is 13.1 Å². The van der Waals surface area contributed by atoms with Crippen molar-refractivity contribution >= 4 is 5.91 Å². The van der Waals surface area contributed by atoms with Gasteiger partial charge in [-0.15, -0.1) is 0 Å². The third kappa shape index (κ3) is 4.98. The largest absolute Gasteiger partial charge is 0.387 e. The SMILES string of the molecule is CC(C)c1ccc(C(O)CNCC(O)C(N)=O)cc1. The van der Waals surface area contributed by atoms with E-state index < -0.39 is 18.1 Å². The second kappa shape index (κ2) is 7.23. The molecule has 1 amide bonds. The van der Waals surface area contributed by atoms with Crippen LogP contribution in [-0.2, 0) is 4.79 Å². The molecule has 19 heavy (non-hydrogen) atoms. The maximum absolute atomic E-state index is 10.6. The van der Waals surface area contributed by atoms with Gasteiger partial charge in [0.15, 0.2) is 0 Å². The number of amides is 1. The molecule has 0 radical (unpaired) electrons. The first-order chi connectivity index (χ1) is 8.91. The lowest BCUT2D eigenvalue weighted by Gasteiger charge is -2.14. The van der Waals surface area contributed by atoms with Crippen LogP contribution in [0.3, 0.4) is 0 Å². The molecular formula is C14H22N2O3. The average Bonchev–Trinajstić information content (AvgIpc) is 2.38. The highest BCUT2D eigenvalue weighted by Crippen LogP contribution is 2.18. The fraction of sp³-hybridized carbons (Fsp3) is 0.500. The Morgan fingerprint density at radius 2 is 1.68 bits per heavy atom. The number of hydrogen-bond acceptors (Lipinski definition) is 4. The van der Waals surface area contributed by atoms with Crippen LogP contribution in [0.4, 0.5) is 0 Å². The molecule has 1 aromatic carbocycles. The van der Waals surface area contributed by atoms with Gasteiger partial charge in [0, 0.05) is 13.1 Å². The summed E-state index contributed by atoms with van der Waals surface area (Å²) < 4.78 is 0. The zero-order valence-electron chi connectivity index (χ0n) is 11.3. The summed E-state index contributed by atoms with van der Waals surface area (Å²) >= 11 is 0. The maximum Gasteiger partial charge on any atom is 0.247 e. The number of carbonyl (C=O) groups excluding carboxylic acids is 1. The molecule has 0 saturated heterocycles. The number of aliphatic hydroxyl groups excluding tert-OH is 2. The number of rotatable bonds is 7. The van der Waals surface area contributed by atoms with Gasteiger partial charge < -0.3 is 21.3 Å². The molecule has 0 aliphatic rings. The van der Waals surface area contributed by atoms with Crippen molar-refractivity contribution < 1.29 is 15.0 Å². The van der Waals surface area contributed by atoms with E-state index in [9.17, 15) is 15.0 Å². The van der Waals surface area contributed by atoms with Gasteiger partial charge in [-0.05, 0) is 17.0 Å². The highest BCUT2D eigenvalue weighted by atomic mass is 16.3. The molecule has 0 aromatic heterocycles. The number of hydrogen-bond donors (Lipinski definition) is 4. The van der Waals surface area contributed by atoms with Crippen molar-refractivity contribution in [2.24, 2.45) is 5.73 Å². The van der Waals surface area contributed by atoms with E-state index in [1.807, 2.05) is 24.3 Å². The minimum Gasteiger partial charge on any atom is -0.387 e. The third-order valence-corrected chi connectivity index (χ3v) is 2.99. The van der Waals surface area contributed by atoms with Gasteiger partial charge >= 0.3 is 0 Å². The van der Waals surface area contributed by atoms with Gasteiger partial charge in [-0.1, -0.05) is 38.1 Å². The first kappa shape index (κ1) is 15.6. The number of aliphatic hydroxyl groups is 2. The lowest BCUT2D eigenvalue weighted by Crippen LogP contribution is -2.38. The monoisotopic (exact) mass is 266 g/mol. The van der Waals surface area contributed by atoms with E-state index >= 15 is 0 Å². The summed E-state index contributed by atoms with van der Waals surface area (Å²) in [5, 5.41) is 21.9. The van der Waals surface area contributed by atoms with E-state index in [1.54, 1.807) is 0 Å². The van der Waals surface area contributed by atoms with Gasteiger partial charge in [-0.2, -0.15) is 0 Å². The molecule has 2 atom stereocenters. The Morgan fingerprint density at radius 3 is 2.16 bits per heavy atom. The number of carbonyl (C=O) groups is 1. The lowest BCUT2D eigenvalue weighted by molar-refractivity contribution is -0.125. The Kier molecular flexibility index (Phi) is 5.95. The Bertz CT molecular complexity index is 404. The van der Waals surface area contributed by atoms with Crippen molar-refractivity contribution in [3.63, 3.8) is 0 Å². The predicted octanol–water partition coefficient (Wildman–Crippen LogP) is 0.279. The third-order valence-electron chi connectivity index (χ3n) is 2.99. The molecule has 106 valence electrons. The second-order valence-electron chi connectivity index (χ2n) is 4.91. The maximum atomic E-state index is 10.6. The number of primary amides is 1. The van der Waals surface area contributed by atoms with E-state index in [1.165, 1.54) is 5.56 Å². The lowest BCUT2D eigenvalue weighted by atomic mass is 10.00. The summed E-state index contributed by atoms with van der Waals surface area (Å²) in [5.74, 6) is -0.321. The Balaban J connectivity index is 2.45. The molecule has 0 saturated carbocycles. The zero-order chi connectivity index (χ0) is 14.4. The van der Waals surface area contributed by atoms with E-state index in [0.717, 1.165) is 5.56 Å².